The Morgan fingerprint density at radius 2 is 2.11 bits per heavy atom. The first kappa shape index (κ1) is 16.0. The molecule has 0 aromatic carbocycles. The van der Waals surface area contributed by atoms with E-state index in [1.807, 2.05) is 0 Å². The topological polar surface area (TPSA) is 84.1 Å². The molecule has 0 aliphatic rings. The molecule has 0 bridgehead atoms. The molecule has 5 nitrogen and oxygen atoms in total. The predicted octanol–water partition coefficient (Wildman–Crippen LogP) is 2.84. The van der Waals surface area contributed by atoms with E-state index >= 15 is 0 Å². The summed E-state index contributed by atoms with van der Waals surface area (Å²) in [5, 5.41) is 13.2. The minimum atomic E-state index is -0.477. The van der Waals surface area contributed by atoms with Crippen LogP contribution in [0.3, 0.4) is 0 Å². The molecule has 108 valence electrons. The zero-order valence-corrected chi connectivity index (χ0v) is 12.3. The van der Waals surface area contributed by atoms with Gasteiger partial charge < -0.3 is 16.2 Å². The van der Waals surface area contributed by atoms with Gasteiger partial charge in [0.05, 0.1) is 12.1 Å². The molecule has 1 rings (SSSR count). The molecule has 1 aromatic rings. The molecule has 6 heteroatoms. The Bertz CT molecular complexity index is 387. The van der Waals surface area contributed by atoms with Crippen LogP contribution in [0.1, 0.15) is 46.0 Å². The van der Waals surface area contributed by atoms with Crippen molar-refractivity contribution in [2.75, 3.05) is 11.1 Å². The van der Waals surface area contributed by atoms with Gasteiger partial charge in [-0.1, -0.05) is 44.2 Å². The van der Waals surface area contributed by atoms with E-state index in [1.165, 1.54) is 25.6 Å². The number of hydrogen-bond donors (Lipinski definition) is 3. The average Bonchev–Trinajstić information content (AvgIpc) is 2.37. The third kappa shape index (κ3) is 5.20. The van der Waals surface area contributed by atoms with Crippen molar-refractivity contribution in [2.24, 2.45) is 0 Å². The van der Waals surface area contributed by atoms with Crippen LogP contribution in [0, 0.1) is 0 Å². The number of anilines is 2. The van der Waals surface area contributed by atoms with Crippen molar-refractivity contribution >= 4 is 23.1 Å². The highest BCUT2D eigenvalue weighted by molar-refractivity contribution is 6.32. The van der Waals surface area contributed by atoms with Crippen molar-refractivity contribution in [3.05, 3.63) is 11.5 Å². The van der Waals surface area contributed by atoms with Crippen LogP contribution in [0.2, 0.25) is 5.15 Å². The van der Waals surface area contributed by atoms with E-state index in [1.54, 1.807) is 6.92 Å². The Hall–Kier alpha value is -1.07. The monoisotopic (exact) mass is 286 g/mol. The summed E-state index contributed by atoms with van der Waals surface area (Å²) in [7, 11) is 0. The Morgan fingerprint density at radius 3 is 2.74 bits per heavy atom. The zero-order valence-electron chi connectivity index (χ0n) is 11.6. The average molecular weight is 287 g/mol. The fourth-order valence-corrected chi connectivity index (χ4v) is 2.02. The van der Waals surface area contributed by atoms with Gasteiger partial charge in [-0.2, -0.15) is 0 Å². The highest BCUT2D eigenvalue weighted by Crippen LogP contribution is 2.24. The summed E-state index contributed by atoms with van der Waals surface area (Å²) in [6, 6.07) is -0.0786. The van der Waals surface area contributed by atoms with Crippen LogP contribution < -0.4 is 11.1 Å². The second-order valence-electron chi connectivity index (χ2n) is 4.77. The number of nitrogens with one attached hydrogen (secondary N) is 1. The van der Waals surface area contributed by atoms with Crippen molar-refractivity contribution < 1.29 is 5.11 Å². The third-order valence-electron chi connectivity index (χ3n) is 3.11. The Morgan fingerprint density at radius 1 is 1.37 bits per heavy atom. The molecule has 19 heavy (non-hydrogen) atoms. The molecule has 0 unspecified atom stereocenters. The number of nitrogens with two attached hydrogens (primary N) is 1. The first-order valence-electron chi connectivity index (χ1n) is 6.76. The van der Waals surface area contributed by atoms with Gasteiger partial charge in [-0.05, 0) is 13.3 Å². The largest absolute Gasteiger partial charge is 0.393 e. The molecule has 0 radical (unpaired) electrons. The maximum absolute atomic E-state index is 9.81. The number of nitrogen functional groups attached to an aromatic ring is 1. The highest BCUT2D eigenvalue weighted by Gasteiger charge is 2.17. The lowest BCUT2D eigenvalue weighted by molar-refractivity contribution is 0.165. The van der Waals surface area contributed by atoms with Crippen LogP contribution in [-0.2, 0) is 0 Å². The molecule has 0 fully saturated rings. The van der Waals surface area contributed by atoms with Crippen molar-refractivity contribution in [1.29, 1.82) is 0 Å². The van der Waals surface area contributed by atoms with Gasteiger partial charge in [-0.15, -0.1) is 0 Å². The number of rotatable bonds is 8. The first-order chi connectivity index (χ1) is 9.06. The summed E-state index contributed by atoms with van der Waals surface area (Å²) in [6.07, 6.45) is 6.40. The maximum atomic E-state index is 9.81. The van der Waals surface area contributed by atoms with Gasteiger partial charge in [-0.3, -0.25) is 0 Å². The number of nitrogens with zero attached hydrogens (tertiary/aromatic N) is 2. The molecule has 0 aliphatic carbocycles. The Labute approximate surface area is 119 Å². The number of hydrogen-bond acceptors (Lipinski definition) is 5. The van der Waals surface area contributed by atoms with Gasteiger partial charge in [0.1, 0.15) is 12.0 Å². The molecule has 2 atom stereocenters. The first-order valence-corrected chi connectivity index (χ1v) is 7.14. The normalized spacial score (nSPS) is 14.1. The number of unbranched alkanes of at least 4 members (excludes halogenated alkanes) is 3. The van der Waals surface area contributed by atoms with E-state index in [2.05, 4.69) is 22.2 Å². The standard InChI is InChI=1S/C13H23ClN4O/c1-3-4-5-6-7-10(9(2)19)18-13-11(15)12(14)16-8-17-13/h8-10,19H,3-7,15H2,1-2H3,(H,16,17,18)/t9-,10-/m0/s1. The number of aromatic nitrogens is 2. The quantitative estimate of drug-likeness (QED) is 0.505. The summed E-state index contributed by atoms with van der Waals surface area (Å²) in [4.78, 5) is 7.87. The van der Waals surface area contributed by atoms with Crippen molar-refractivity contribution in [2.45, 2.75) is 58.1 Å². The van der Waals surface area contributed by atoms with Gasteiger partial charge in [0, 0.05) is 0 Å². The fourth-order valence-electron chi connectivity index (χ4n) is 1.89. The van der Waals surface area contributed by atoms with E-state index in [9.17, 15) is 5.11 Å². The van der Waals surface area contributed by atoms with E-state index in [-0.39, 0.29) is 11.2 Å². The lowest BCUT2D eigenvalue weighted by Crippen LogP contribution is -2.32. The van der Waals surface area contributed by atoms with Crippen LogP contribution in [0.5, 0.6) is 0 Å². The van der Waals surface area contributed by atoms with E-state index in [0.29, 0.717) is 11.5 Å². The maximum Gasteiger partial charge on any atom is 0.157 e. The van der Waals surface area contributed by atoms with Gasteiger partial charge in [0.2, 0.25) is 0 Å². The molecule has 0 aliphatic heterocycles. The summed E-state index contributed by atoms with van der Waals surface area (Å²) in [5.74, 6) is 0.487. The summed E-state index contributed by atoms with van der Waals surface area (Å²) >= 11 is 5.84. The number of halogens is 1. The van der Waals surface area contributed by atoms with E-state index in [4.69, 9.17) is 17.3 Å². The lowest BCUT2D eigenvalue weighted by Gasteiger charge is -2.22. The molecule has 4 N–H and O–H groups in total. The van der Waals surface area contributed by atoms with Crippen LogP contribution >= 0.6 is 11.6 Å². The van der Waals surface area contributed by atoms with Crippen molar-refractivity contribution in [3.8, 4) is 0 Å². The van der Waals surface area contributed by atoms with E-state index in [0.717, 1.165) is 12.8 Å². The Kier molecular flexibility index (Phi) is 6.87. The zero-order chi connectivity index (χ0) is 14.3. The van der Waals surface area contributed by atoms with Gasteiger partial charge >= 0.3 is 0 Å². The Balaban J connectivity index is 2.60. The fraction of sp³-hybridized carbons (Fsp3) is 0.692. The summed E-state index contributed by atoms with van der Waals surface area (Å²) in [5.41, 5.74) is 6.13. The number of aliphatic hydroxyl groups excluding tert-OH is 1. The predicted molar refractivity (Wildman–Crippen MR) is 79.3 cm³/mol. The van der Waals surface area contributed by atoms with Gasteiger partial charge in [0.15, 0.2) is 11.0 Å². The lowest BCUT2D eigenvalue weighted by atomic mass is 10.0. The summed E-state index contributed by atoms with van der Waals surface area (Å²) < 4.78 is 0. The van der Waals surface area contributed by atoms with Crippen LogP contribution in [0.4, 0.5) is 11.5 Å². The third-order valence-corrected chi connectivity index (χ3v) is 3.41. The van der Waals surface area contributed by atoms with Crippen LogP contribution in [0.25, 0.3) is 0 Å². The number of aliphatic hydroxyl groups is 1. The van der Waals surface area contributed by atoms with Crippen molar-refractivity contribution in [1.82, 2.24) is 9.97 Å². The molecular weight excluding hydrogens is 264 g/mol. The minimum absolute atomic E-state index is 0.0786. The molecule has 1 aromatic heterocycles. The SMILES string of the molecule is CCCCCC[C@H](Nc1ncnc(Cl)c1N)[C@H](C)O. The molecular formula is C13H23ClN4O. The van der Waals surface area contributed by atoms with E-state index < -0.39 is 6.10 Å². The molecule has 0 amide bonds. The van der Waals surface area contributed by atoms with Crippen molar-refractivity contribution in [3.63, 3.8) is 0 Å². The molecule has 0 saturated carbocycles. The second kappa shape index (κ2) is 8.17. The smallest absolute Gasteiger partial charge is 0.157 e. The minimum Gasteiger partial charge on any atom is -0.393 e. The van der Waals surface area contributed by atoms with Crippen LogP contribution in [-0.4, -0.2) is 27.2 Å². The summed E-state index contributed by atoms with van der Waals surface area (Å²) in [6.45, 7) is 3.93. The molecule has 1 heterocycles. The second-order valence-corrected chi connectivity index (χ2v) is 5.13. The molecule has 0 saturated heterocycles. The van der Waals surface area contributed by atoms with Gasteiger partial charge in [0.25, 0.3) is 0 Å². The van der Waals surface area contributed by atoms with Gasteiger partial charge in [-0.25, -0.2) is 9.97 Å². The molecule has 0 spiro atoms. The highest BCUT2D eigenvalue weighted by atomic mass is 35.5. The van der Waals surface area contributed by atoms with Crippen LogP contribution in [0.15, 0.2) is 6.33 Å².